The van der Waals surface area contributed by atoms with E-state index in [1.54, 1.807) is 0 Å². The number of rotatable bonds is 3. The average molecular weight is 483 g/mol. The molecule has 0 amide bonds. The monoisotopic (exact) mass is 483 g/mol. The maximum atomic E-state index is 14.5. The van der Waals surface area contributed by atoms with Gasteiger partial charge in [0.15, 0.2) is 28.8 Å². The van der Waals surface area contributed by atoms with Crippen LogP contribution in [0, 0.1) is 24.4 Å². The third-order valence-electron chi connectivity index (χ3n) is 6.81. The Morgan fingerprint density at radius 3 is 2.47 bits per heavy atom. The van der Waals surface area contributed by atoms with Crippen LogP contribution in [0.3, 0.4) is 0 Å². The quantitative estimate of drug-likeness (QED) is 0.499. The molecule has 3 aromatic rings. The van der Waals surface area contributed by atoms with Gasteiger partial charge in [-0.1, -0.05) is 6.07 Å². The summed E-state index contributed by atoms with van der Waals surface area (Å²) in [7, 11) is 1.21. The van der Waals surface area contributed by atoms with Gasteiger partial charge in [0.2, 0.25) is 0 Å². The molecule has 1 saturated carbocycles. The number of anilines is 1. The van der Waals surface area contributed by atoms with Crippen molar-refractivity contribution in [3.63, 3.8) is 0 Å². The maximum absolute atomic E-state index is 14.5. The largest absolute Gasteiger partial charge is 0.493 e. The van der Waals surface area contributed by atoms with Gasteiger partial charge in [0.05, 0.1) is 13.2 Å². The average Bonchev–Trinajstić information content (AvgIpc) is 3.53. The Hall–Kier alpha value is -3.08. The fraction of sp³-hybridized carbons (Fsp3) is 0.391. The zero-order chi connectivity index (χ0) is 24.6. The molecule has 2 N–H and O–H groups in total. The van der Waals surface area contributed by atoms with Gasteiger partial charge in [-0.25, -0.2) is 23.1 Å². The molecular formula is C23H19F6N3O2. The Morgan fingerprint density at radius 2 is 1.85 bits per heavy atom. The summed E-state index contributed by atoms with van der Waals surface area (Å²) >= 11 is 0. The summed E-state index contributed by atoms with van der Waals surface area (Å²) in [6.07, 6.45) is -4.06. The zero-order valence-electron chi connectivity index (χ0n) is 18.0. The van der Waals surface area contributed by atoms with Crippen molar-refractivity contribution in [1.29, 1.82) is 0 Å². The number of fused-ring (bicyclic) bond motifs is 3. The highest BCUT2D eigenvalue weighted by Crippen LogP contribution is 2.65. The third-order valence-corrected chi connectivity index (χ3v) is 6.81. The highest BCUT2D eigenvalue weighted by atomic mass is 19.4. The Balaban J connectivity index is 1.76. The Bertz CT molecular complexity index is 1320. The van der Waals surface area contributed by atoms with E-state index >= 15 is 0 Å². The van der Waals surface area contributed by atoms with Crippen molar-refractivity contribution in [2.45, 2.75) is 49.4 Å². The topological polar surface area (TPSA) is 67.3 Å². The van der Waals surface area contributed by atoms with Crippen LogP contribution in [0.15, 0.2) is 24.4 Å². The van der Waals surface area contributed by atoms with Crippen molar-refractivity contribution in [2.24, 2.45) is 0 Å². The molecule has 0 bridgehead atoms. The van der Waals surface area contributed by atoms with Crippen molar-refractivity contribution in [3.8, 4) is 5.75 Å². The molecule has 5 nitrogen and oxygen atoms in total. The van der Waals surface area contributed by atoms with E-state index in [4.69, 9.17) is 4.74 Å². The second-order valence-electron chi connectivity index (χ2n) is 8.90. The number of alkyl halides is 3. The van der Waals surface area contributed by atoms with E-state index in [9.17, 15) is 31.4 Å². The molecule has 1 aromatic heterocycles. The number of aryl methyl sites for hydroxylation is 1. The first kappa shape index (κ1) is 22.7. The van der Waals surface area contributed by atoms with Crippen LogP contribution < -0.4 is 10.1 Å². The predicted molar refractivity (Wildman–Crippen MR) is 110 cm³/mol. The molecule has 34 heavy (non-hydrogen) atoms. The summed E-state index contributed by atoms with van der Waals surface area (Å²) in [4.78, 5) is 7.81. The van der Waals surface area contributed by atoms with E-state index in [0.29, 0.717) is 18.9 Å². The van der Waals surface area contributed by atoms with Crippen LogP contribution in [0.25, 0.3) is 10.9 Å². The molecule has 180 valence electrons. The summed E-state index contributed by atoms with van der Waals surface area (Å²) in [6, 6.07) is 0.927. The number of nitrogens with zero attached hydrogens (tertiary/aromatic N) is 2. The molecule has 5 rings (SSSR count). The van der Waals surface area contributed by atoms with E-state index in [0.717, 1.165) is 18.3 Å². The fourth-order valence-corrected chi connectivity index (χ4v) is 5.05. The fourth-order valence-electron chi connectivity index (χ4n) is 5.05. The van der Waals surface area contributed by atoms with Gasteiger partial charge >= 0.3 is 6.18 Å². The molecule has 2 aliphatic rings. The minimum atomic E-state index is -5.10. The summed E-state index contributed by atoms with van der Waals surface area (Å²) in [5.41, 5.74) is -4.86. The molecule has 0 aliphatic heterocycles. The van der Waals surface area contributed by atoms with Gasteiger partial charge in [-0.2, -0.15) is 13.2 Å². The first-order valence-electron chi connectivity index (χ1n) is 10.5. The molecule has 2 aromatic carbocycles. The second kappa shape index (κ2) is 7.21. The van der Waals surface area contributed by atoms with Crippen LogP contribution in [0.4, 0.5) is 32.0 Å². The van der Waals surface area contributed by atoms with Crippen LogP contribution in [0.2, 0.25) is 0 Å². The lowest BCUT2D eigenvalue weighted by Crippen LogP contribution is -2.57. The number of methoxy groups -OCH3 is 1. The lowest BCUT2D eigenvalue weighted by molar-refractivity contribution is -0.274. The van der Waals surface area contributed by atoms with Gasteiger partial charge in [0.25, 0.3) is 0 Å². The van der Waals surface area contributed by atoms with Crippen molar-refractivity contribution < 1.29 is 36.2 Å². The number of hydrogen-bond acceptors (Lipinski definition) is 5. The summed E-state index contributed by atoms with van der Waals surface area (Å²) < 4.78 is 91.6. The molecule has 1 heterocycles. The van der Waals surface area contributed by atoms with Crippen LogP contribution in [-0.4, -0.2) is 34.0 Å². The van der Waals surface area contributed by atoms with Gasteiger partial charge in [0, 0.05) is 34.3 Å². The van der Waals surface area contributed by atoms with Gasteiger partial charge in [-0.15, -0.1) is 0 Å². The molecule has 11 heteroatoms. The van der Waals surface area contributed by atoms with Crippen molar-refractivity contribution in [2.75, 3.05) is 12.4 Å². The molecule has 0 unspecified atom stereocenters. The number of nitrogens with one attached hydrogen (secondary N) is 1. The van der Waals surface area contributed by atoms with Gasteiger partial charge in [0.1, 0.15) is 11.3 Å². The molecular weight excluding hydrogens is 464 g/mol. The smallest absolute Gasteiger partial charge is 0.419 e. The van der Waals surface area contributed by atoms with Crippen LogP contribution >= 0.6 is 0 Å². The van der Waals surface area contributed by atoms with E-state index < -0.39 is 52.6 Å². The first-order chi connectivity index (χ1) is 15.9. The summed E-state index contributed by atoms with van der Waals surface area (Å²) in [5, 5.41) is 13.6. The van der Waals surface area contributed by atoms with Gasteiger partial charge in [-0.05, 0) is 37.8 Å². The molecule has 0 radical (unpaired) electrons. The highest BCUT2D eigenvalue weighted by molar-refractivity contribution is 5.91. The van der Waals surface area contributed by atoms with Crippen molar-refractivity contribution in [1.82, 2.24) is 9.97 Å². The van der Waals surface area contributed by atoms with Crippen LogP contribution in [0.5, 0.6) is 5.75 Å². The van der Waals surface area contributed by atoms with E-state index in [1.165, 1.54) is 14.0 Å². The zero-order valence-corrected chi connectivity index (χ0v) is 18.0. The summed E-state index contributed by atoms with van der Waals surface area (Å²) in [5.74, 6) is -3.42. The van der Waals surface area contributed by atoms with Crippen molar-refractivity contribution in [3.05, 3.63) is 58.8 Å². The Morgan fingerprint density at radius 1 is 1.15 bits per heavy atom. The number of aliphatic hydroxyl groups is 1. The number of benzene rings is 2. The third kappa shape index (κ3) is 3.13. The molecule has 2 atom stereocenters. The number of aromatic nitrogens is 2. The van der Waals surface area contributed by atoms with Crippen LogP contribution in [0.1, 0.15) is 42.3 Å². The molecule has 0 saturated heterocycles. The lowest BCUT2D eigenvalue weighted by atomic mass is 9.68. The Labute approximate surface area is 189 Å². The van der Waals surface area contributed by atoms with Crippen molar-refractivity contribution >= 4 is 16.6 Å². The SMILES string of the molecule is COc1c(F)ccc2c1C1(CC1)C[C@@](O)(C(F)(F)F)[C@H]2Nc1cc(F)c(F)c2nc(C)ncc12. The lowest BCUT2D eigenvalue weighted by Gasteiger charge is -2.46. The molecule has 2 aliphatic carbocycles. The number of ether oxygens (including phenoxy) is 1. The molecule has 1 fully saturated rings. The minimum absolute atomic E-state index is 0.0345. The Kier molecular flexibility index (Phi) is 4.81. The molecule has 1 spiro atoms. The number of halogens is 6. The van der Waals surface area contributed by atoms with Gasteiger partial charge < -0.3 is 15.2 Å². The first-order valence-corrected chi connectivity index (χ1v) is 10.5. The minimum Gasteiger partial charge on any atom is -0.493 e. The van der Waals surface area contributed by atoms with E-state index in [-0.39, 0.29) is 33.8 Å². The highest BCUT2D eigenvalue weighted by Gasteiger charge is 2.68. The van der Waals surface area contributed by atoms with Gasteiger partial charge in [-0.3, -0.25) is 0 Å². The standard InChI is InChI=1S/C23H19F6N3O2/c1-10-30-8-12-15(7-14(25)17(26)18(12)31-10)32-20-11-3-4-13(24)19(34-2)16(11)21(5-6-21)9-22(20,33)23(27,28)29/h3-4,7-8,20,32-33H,5-6,9H2,1-2H3/t20-,22-/m0/s1. The normalized spacial score (nSPS) is 23.1. The predicted octanol–water partition coefficient (Wildman–Crippen LogP) is 5.25. The second-order valence-corrected chi connectivity index (χ2v) is 8.90. The van der Waals surface area contributed by atoms with E-state index in [1.807, 2.05) is 0 Å². The maximum Gasteiger partial charge on any atom is 0.419 e. The van der Waals surface area contributed by atoms with E-state index in [2.05, 4.69) is 15.3 Å². The van der Waals surface area contributed by atoms with Crippen LogP contribution in [-0.2, 0) is 5.41 Å². The summed E-state index contributed by atoms with van der Waals surface area (Å²) in [6.45, 7) is 1.45. The number of hydrogen-bond donors (Lipinski definition) is 2.